The molecular formula is C19H18N6O4S2. The molecule has 0 radical (unpaired) electrons. The third-order valence-electron chi connectivity index (χ3n) is 4.33. The molecular weight excluding hydrogens is 440 g/mol. The summed E-state index contributed by atoms with van der Waals surface area (Å²) in [6, 6.07) is 5.21. The smallest absolute Gasteiger partial charge is 0.275 e. The van der Waals surface area contributed by atoms with Crippen molar-refractivity contribution in [2.45, 2.75) is 6.92 Å². The molecule has 0 aliphatic rings. The Bertz CT molecular complexity index is 1390. The summed E-state index contributed by atoms with van der Waals surface area (Å²) in [6.45, 7) is 1.83. The van der Waals surface area contributed by atoms with Gasteiger partial charge in [-0.25, -0.2) is 18.4 Å². The number of methoxy groups -OCH3 is 1. The number of hydrogen-bond donors (Lipinski definition) is 3. The van der Waals surface area contributed by atoms with Crippen molar-refractivity contribution in [1.82, 2.24) is 20.2 Å². The Morgan fingerprint density at radius 1 is 1.16 bits per heavy atom. The molecule has 160 valence electrons. The van der Waals surface area contributed by atoms with Gasteiger partial charge in [-0.15, -0.1) is 11.3 Å². The first-order valence-corrected chi connectivity index (χ1v) is 11.7. The highest BCUT2D eigenvalue weighted by Gasteiger charge is 2.16. The Morgan fingerprint density at radius 3 is 2.61 bits per heavy atom. The van der Waals surface area contributed by atoms with Crippen LogP contribution in [0.2, 0.25) is 0 Å². The van der Waals surface area contributed by atoms with E-state index in [2.05, 4.69) is 30.2 Å². The lowest BCUT2D eigenvalue weighted by Crippen LogP contribution is -2.12. The van der Waals surface area contributed by atoms with Crippen LogP contribution >= 0.6 is 11.3 Å². The van der Waals surface area contributed by atoms with E-state index in [0.717, 1.165) is 16.6 Å². The number of H-pyrrole nitrogens is 1. The molecule has 0 aliphatic carbocycles. The zero-order valence-corrected chi connectivity index (χ0v) is 18.4. The van der Waals surface area contributed by atoms with E-state index < -0.39 is 10.0 Å². The number of ether oxygens (including phenoxy) is 1. The number of fused-ring (bicyclic) bond motifs is 1. The Hall–Kier alpha value is -3.51. The quantitative estimate of drug-likeness (QED) is 0.403. The number of carbonyl (C=O) groups is 1. The number of aromatic nitrogens is 4. The van der Waals surface area contributed by atoms with Crippen LogP contribution < -0.4 is 14.8 Å². The van der Waals surface area contributed by atoms with Crippen LogP contribution in [0.3, 0.4) is 0 Å². The predicted molar refractivity (Wildman–Crippen MR) is 119 cm³/mol. The molecule has 3 N–H and O–H groups in total. The van der Waals surface area contributed by atoms with Gasteiger partial charge in [-0.2, -0.15) is 5.10 Å². The summed E-state index contributed by atoms with van der Waals surface area (Å²) in [6.07, 6.45) is 4.22. The van der Waals surface area contributed by atoms with Gasteiger partial charge >= 0.3 is 0 Å². The van der Waals surface area contributed by atoms with Crippen molar-refractivity contribution in [2.24, 2.45) is 0 Å². The topological polar surface area (TPSA) is 139 Å². The summed E-state index contributed by atoms with van der Waals surface area (Å²) >= 11 is 1.39. The number of amides is 1. The van der Waals surface area contributed by atoms with E-state index in [4.69, 9.17) is 4.74 Å². The van der Waals surface area contributed by atoms with Crippen LogP contribution in [-0.4, -0.2) is 47.9 Å². The van der Waals surface area contributed by atoms with Gasteiger partial charge in [0.15, 0.2) is 0 Å². The number of anilines is 2. The molecule has 0 atom stereocenters. The molecule has 0 spiro atoms. The highest BCUT2D eigenvalue weighted by Crippen LogP contribution is 2.33. The molecule has 0 saturated carbocycles. The van der Waals surface area contributed by atoms with Crippen molar-refractivity contribution in [2.75, 3.05) is 23.4 Å². The van der Waals surface area contributed by atoms with E-state index in [9.17, 15) is 13.2 Å². The van der Waals surface area contributed by atoms with Gasteiger partial charge in [0.25, 0.3) is 5.91 Å². The largest absolute Gasteiger partial charge is 0.480 e. The van der Waals surface area contributed by atoms with E-state index >= 15 is 0 Å². The summed E-state index contributed by atoms with van der Waals surface area (Å²) in [7, 11) is -2.13. The van der Waals surface area contributed by atoms with Gasteiger partial charge in [-0.3, -0.25) is 14.6 Å². The summed E-state index contributed by atoms with van der Waals surface area (Å²) in [4.78, 5) is 21.0. The Labute approximate surface area is 181 Å². The van der Waals surface area contributed by atoms with Gasteiger partial charge in [-0.1, -0.05) is 0 Å². The summed E-state index contributed by atoms with van der Waals surface area (Å²) in [5.41, 5.74) is 3.06. The minimum absolute atomic E-state index is 0.143. The number of nitrogens with zero attached hydrogens (tertiary/aromatic N) is 3. The first-order chi connectivity index (χ1) is 14.7. The van der Waals surface area contributed by atoms with Gasteiger partial charge in [0.2, 0.25) is 15.9 Å². The molecule has 4 aromatic rings. The van der Waals surface area contributed by atoms with Gasteiger partial charge in [-0.05, 0) is 30.7 Å². The number of nitrogens with one attached hydrogen (secondary N) is 3. The van der Waals surface area contributed by atoms with E-state index in [1.807, 2.05) is 13.0 Å². The normalized spacial score (nSPS) is 11.5. The molecule has 12 heteroatoms. The van der Waals surface area contributed by atoms with Gasteiger partial charge in [0.05, 0.1) is 35.8 Å². The molecule has 0 bridgehead atoms. The van der Waals surface area contributed by atoms with Crippen molar-refractivity contribution in [3.63, 3.8) is 0 Å². The second-order valence-electron chi connectivity index (χ2n) is 6.72. The number of carbonyl (C=O) groups excluding carboxylic acids is 1. The summed E-state index contributed by atoms with van der Waals surface area (Å²) < 4.78 is 31.0. The molecule has 1 amide bonds. The third-order valence-corrected chi connectivity index (χ3v) is 5.70. The molecule has 4 rings (SSSR count). The van der Waals surface area contributed by atoms with E-state index in [0.29, 0.717) is 28.0 Å². The highest BCUT2D eigenvalue weighted by atomic mass is 32.2. The highest BCUT2D eigenvalue weighted by molar-refractivity contribution is 7.92. The average Bonchev–Trinajstić information content (AvgIpc) is 3.35. The van der Waals surface area contributed by atoms with E-state index in [1.54, 1.807) is 29.9 Å². The van der Waals surface area contributed by atoms with Crippen molar-refractivity contribution < 1.29 is 17.9 Å². The lowest BCUT2D eigenvalue weighted by molar-refractivity contribution is 0.102. The van der Waals surface area contributed by atoms with Crippen LogP contribution in [0, 0.1) is 6.92 Å². The standard InChI is InChI=1S/C19H18N6O4S2/c1-10-22-17(9-30-10)18(26)23-14-4-11(5-15-13(14)8-21-24-15)12-6-16(25-31(3,27)28)19(29-2)20-7-12/h4-9,25H,1-3H3,(H,21,24)(H,23,26). The van der Waals surface area contributed by atoms with Gasteiger partial charge < -0.3 is 10.1 Å². The third kappa shape index (κ3) is 4.49. The first-order valence-electron chi connectivity index (χ1n) is 8.96. The van der Waals surface area contributed by atoms with Crippen LogP contribution in [-0.2, 0) is 10.0 Å². The number of rotatable bonds is 6. The predicted octanol–water partition coefficient (Wildman–Crippen LogP) is 3.02. The molecule has 1 aromatic carbocycles. The SMILES string of the molecule is COc1ncc(-c2cc(NC(=O)c3csc(C)n3)c3cn[nH]c3c2)cc1NS(C)(=O)=O. The fraction of sp³-hybridized carbons (Fsp3) is 0.158. The zero-order chi connectivity index (χ0) is 22.2. The van der Waals surface area contributed by atoms with E-state index in [-0.39, 0.29) is 17.5 Å². The minimum atomic E-state index is -3.54. The van der Waals surface area contributed by atoms with Crippen LogP contribution in [0.25, 0.3) is 22.0 Å². The van der Waals surface area contributed by atoms with Gasteiger partial charge in [0.1, 0.15) is 11.4 Å². The number of thiazole rings is 1. The minimum Gasteiger partial charge on any atom is -0.480 e. The molecule has 0 saturated heterocycles. The van der Waals surface area contributed by atoms with E-state index in [1.165, 1.54) is 18.4 Å². The van der Waals surface area contributed by atoms with Crippen LogP contribution in [0.1, 0.15) is 15.5 Å². The van der Waals surface area contributed by atoms with Crippen LogP contribution in [0.15, 0.2) is 36.0 Å². The van der Waals surface area contributed by atoms with Crippen molar-refractivity contribution in [3.8, 4) is 17.0 Å². The number of benzene rings is 1. The lowest BCUT2D eigenvalue weighted by atomic mass is 10.0. The number of pyridine rings is 1. The second kappa shape index (κ2) is 7.96. The molecule has 0 fully saturated rings. The number of aromatic amines is 1. The number of sulfonamides is 1. The Kier molecular flexibility index (Phi) is 5.33. The maximum absolute atomic E-state index is 12.6. The summed E-state index contributed by atoms with van der Waals surface area (Å²) in [5, 5.41) is 13.0. The second-order valence-corrected chi connectivity index (χ2v) is 9.53. The molecule has 0 aliphatic heterocycles. The Morgan fingerprint density at radius 2 is 1.94 bits per heavy atom. The fourth-order valence-corrected chi connectivity index (χ4v) is 4.16. The fourth-order valence-electron chi connectivity index (χ4n) is 3.02. The van der Waals surface area contributed by atoms with Crippen LogP contribution in [0.4, 0.5) is 11.4 Å². The van der Waals surface area contributed by atoms with Crippen molar-refractivity contribution in [1.29, 1.82) is 0 Å². The van der Waals surface area contributed by atoms with Gasteiger partial charge in [0, 0.05) is 22.5 Å². The monoisotopic (exact) mass is 458 g/mol. The van der Waals surface area contributed by atoms with Crippen LogP contribution in [0.5, 0.6) is 5.88 Å². The lowest BCUT2D eigenvalue weighted by Gasteiger charge is -2.12. The zero-order valence-electron chi connectivity index (χ0n) is 16.8. The Balaban J connectivity index is 1.77. The molecule has 3 aromatic heterocycles. The van der Waals surface area contributed by atoms with Crippen molar-refractivity contribution >= 4 is 49.5 Å². The number of hydrogen-bond acceptors (Lipinski definition) is 8. The first kappa shape index (κ1) is 20.8. The maximum Gasteiger partial charge on any atom is 0.275 e. The molecule has 10 nitrogen and oxygen atoms in total. The number of aryl methyl sites for hydroxylation is 1. The molecule has 3 heterocycles. The maximum atomic E-state index is 12.6. The average molecular weight is 459 g/mol. The molecule has 0 unspecified atom stereocenters. The summed E-state index contributed by atoms with van der Waals surface area (Å²) in [5.74, 6) is -0.194. The molecule has 31 heavy (non-hydrogen) atoms. The van der Waals surface area contributed by atoms with Crippen molar-refractivity contribution in [3.05, 3.63) is 46.7 Å².